The van der Waals surface area contributed by atoms with Crippen molar-refractivity contribution in [3.63, 3.8) is 0 Å². The molecule has 2 aliphatic rings. The predicted molar refractivity (Wildman–Crippen MR) is 79.8 cm³/mol. The number of hydrogen-bond acceptors (Lipinski definition) is 3. The lowest BCUT2D eigenvalue weighted by atomic mass is 9.97. The second-order valence-corrected chi connectivity index (χ2v) is 6.89. The quantitative estimate of drug-likeness (QED) is 0.887. The molecule has 0 spiro atoms. The molecule has 0 bridgehead atoms. The van der Waals surface area contributed by atoms with Gasteiger partial charge in [0.05, 0.1) is 18.6 Å². The molecular weight excluding hydrogens is 250 g/mol. The number of imidazole rings is 1. The molecule has 1 heterocycles. The molecular formula is C16H27N3O. The van der Waals surface area contributed by atoms with Crippen molar-refractivity contribution in [1.82, 2.24) is 14.9 Å². The van der Waals surface area contributed by atoms with Crippen molar-refractivity contribution in [2.24, 2.45) is 0 Å². The Morgan fingerprint density at radius 3 is 3.00 bits per heavy atom. The molecule has 0 amide bonds. The number of aliphatic hydroxyl groups is 1. The van der Waals surface area contributed by atoms with Crippen LogP contribution >= 0.6 is 0 Å². The molecule has 2 N–H and O–H groups in total. The molecule has 0 aliphatic heterocycles. The van der Waals surface area contributed by atoms with Crippen molar-refractivity contribution < 1.29 is 5.11 Å². The predicted octanol–water partition coefficient (Wildman–Crippen LogP) is 2.22. The van der Waals surface area contributed by atoms with Crippen LogP contribution in [0, 0.1) is 0 Å². The van der Waals surface area contributed by atoms with Crippen LogP contribution in [0.25, 0.3) is 0 Å². The first-order valence-electron chi connectivity index (χ1n) is 8.07. The summed E-state index contributed by atoms with van der Waals surface area (Å²) in [5.74, 6) is 0. The number of aliphatic hydroxyl groups excluding tert-OH is 1. The number of aromatic nitrogens is 2. The standard InChI is InChI=1S/C16H27N3O/c1-12(2)18-16(10-20)8-7-13(9-16)19-11-17-14-5-3-4-6-15(14)19/h11-13,18,20H,3-10H2,1-2H3. The lowest BCUT2D eigenvalue weighted by Crippen LogP contribution is -2.49. The Kier molecular flexibility index (Phi) is 3.87. The van der Waals surface area contributed by atoms with Crippen LogP contribution in [0.4, 0.5) is 0 Å². The molecule has 0 radical (unpaired) electrons. The summed E-state index contributed by atoms with van der Waals surface area (Å²) >= 11 is 0. The largest absolute Gasteiger partial charge is 0.394 e. The highest BCUT2D eigenvalue weighted by molar-refractivity contribution is 5.18. The van der Waals surface area contributed by atoms with Crippen LogP contribution in [0.2, 0.25) is 0 Å². The molecule has 2 aliphatic carbocycles. The average Bonchev–Trinajstić information content (AvgIpc) is 3.02. The van der Waals surface area contributed by atoms with Gasteiger partial charge >= 0.3 is 0 Å². The maximum absolute atomic E-state index is 9.83. The topological polar surface area (TPSA) is 50.1 Å². The van der Waals surface area contributed by atoms with Crippen LogP contribution in [0.5, 0.6) is 0 Å². The van der Waals surface area contributed by atoms with Crippen molar-refractivity contribution in [2.75, 3.05) is 6.61 Å². The van der Waals surface area contributed by atoms with E-state index < -0.39 is 0 Å². The van der Waals surface area contributed by atoms with Crippen LogP contribution in [0.1, 0.15) is 63.4 Å². The average molecular weight is 277 g/mol. The molecule has 20 heavy (non-hydrogen) atoms. The van der Waals surface area contributed by atoms with Gasteiger partial charge in [0.1, 0.15) is 0 Å². The Morgan fingerprint density at radius 2 is 2.25 bits per heavy atom. The molecule has 112 valence electrons. The zero-order valence-corrected chi connectivity index (χ0v) is 12.7. The summed E-state index contributed by atoms with van der Waals surface area (Å²) in [6, 6.07) is 0.917. The first kappa shape index (κ1) is 14.1. The first-order chi connectivity index (χ1) is 9.63. The molecule has 1 fully saturated rings. The molecule has 1 aromatic rings. The zero-order chi connectivity index (χ0) is 14.2. The minimum atomic E-state index is -0.0926. The van der Waals surface area contributed by atoms with Gasteiger partial charge in [-0.2, -0.15) is 0 Å². The van der Waals surface area contributed by atoms with E-state index in [0.717, 1.165) is 25.7 Å². The second kappa shape index (κ2) is 5.49. The van der Waals surface area contributed by atoms with E-state index in [-0.39, 0.29) is 12.1 Å². The van der Waals surface area contributed by atoms with E-state index in [1.165, 1.54) is 30.7 Å². The Morgan fingerprint density at radius 1 is 1.45 bits per heavy atom. The van der Waals surface area contributed by atoms with Gasteiger partial charge in [0, 0.05) is 23.3 Å². The summed E-state index contributed by atoms with van der Waals surface area (Å²) in [5, 5.41) is 13.4. The zero-order valence-electron chi connectivity index (χ0n) is 12.7. The molecule has 4 heteroatoms. The highest BCUT2D eigenvalue weighted by Crippen LogP contribution is 2.39. The van der Waals surface area contributed by atoms with E-state index in [2.05, 4.69) is 28.7 Å². The SMILES string of the molecule is CC(C)NC1(CO)CCC(n2cnc3c2CCCC3)C1. The number of hydrogen-bond donors (Lipinski definition) is 2. The number of fused-ring (bicyclic) bond motifs is 1. The molecule has 3 rings (SSSR count). The summed E-state index contributed by atoms with van der Waals surface area (Å²) in [7, 11) is 0. The molecule has 0 saturated heterocycles. The van der Waals surface area contributed by atoms with Gasteiger partial charge in [-0.1, -0.05) is 13.8 Å². The van der Waals surface area contributed by atoms with Crippen molar-refractivity contribution >= 4 is 0 Å². The minimum absolute atomic E-state index is 0.0926. The summed E-state index contributed by atoms with van der Waals surface area (Å²) in [6.45, 7) is 4.55. The molecule has 0 aromatic carbocycles. The van der Waals surface area contributed by atoms with Crippen LogP contribution in [-0.2, 0) is 12.8 Å². The fourth-order valence-corrected chi connectivity index (χ4v) is 4.08. The van der Waals surface area contributed by atoms with E-state index in [0.29, 0.717) is 12.1 Å². The maximum atomic E-state index is 9.83. The van der Waals surface area contributed by atoms with Gasteiger partial charge in [0.15, 0.2) is 0 Å². The smallest absolute Gasteiger partial charge is 0.0954 e. The Labute approximate surface area is 121 Å². The van der Waals surface area contributed by atoms with Gasteiger partial charge in [0.25, 0.3) is 0 Å². The number of rotatable bonds is 4. The first-order valence-corrected chi connectivity index (χ1v) is 8.07. The summed E-state index contributed by atoms with van der Waals surface area (Å²) < 4.78 is 2.41. The van der Waals surface area contributed by atoms with Crippen molar-refractivity contribution in [3.8, 4) is 0 Å². The van der Waals surface area contributed by atoms with Gasteiger partial charge < -0.3 is 15.0 Å². The number of nitrogens with one attached hydrogen (secondary N) is 1. The summed E-state index contributed by atoms with van der Waals surface area (Å²) in [5.41, 5.74) is 2.68. The summed E-state index contributed by atoms with van der Waals surface area (Å²) in [4.78, 5) is 4.62. The monoisotopic (exact) mass is 277 g/mol. The van der Waals surface area contributed by atoms with Crippen LogP contribution in [0.15, 0.2) is 6.33 Å². The third-order valence-electron chi connectivity index (χ3n) is 4.93. The van der Waals surface area contributed by atoms with E-state index in [4.69, 9.17) is 0 Å². The van der Waals surface area contributed by atoms with Gasteiger partial charge in [0.2, 0.25) is 0 Å². The van der Waals surface area contributed by atoms with Gasteiger partial charge in [-0.3, -0.25) is 0 Å². The van der Waals surface area contributed by atoms with E-state index in [1.54, 1.807) is 0 Å². The van der Waals surface area contributed by atoms with Gasteiger partial charge in [-0.15, -0.1) is 0 Å². The molecule has 1 saturated carbocycles. The normalized spacial score (nSPS) is 29.9. The van der Waals surface area contributed by atoms with Crippen molar-refractivity contribution in [3.05, 3.63) is 17.7 Å². The summed E-state index contributed by atoms with van der Waals surface area (Å²) in [6.07, 6.45) is 10.2. The third kappa shape index (κ3) is 2.51. The molecule has 2 unspecified atom stereocenters. The van der Waals surface area contributed by atoms with E-state index in [9.17, 15) is 5.11 Å². The van der Waals surface area contributed by atoms with E-state index in [1.807, 2.05) is 6.33 Å². The number of aryl methyl sites for hydroxylation is 1. The third-order valence-corrected chi connectivity index (χ3v) is 4.93. The van der Waals surface area contributed by atoms with E-state index >= 15 is 0 Å². The minimum Gasteiger partial charge on any atom is -0.394 e. The molecule has 4 nitrogen and oxygen atoms in total. The van der Waals surface area contributed by atoms with Crippen LogP contribution < -0.4 is 5.32 Å². The second-order valence-electron chi connectivity index (χ2n) is 6.89. The fraction of sp³-hybridized carbons (Fsp3) is 0.812. The highest BCUT2D eigenvalue weighted by Gasteiger charge is 2.40. The van der Waals surface area contributed by atoms with Crippen LogP contribution in [0.3, 0.4) is 0 Å². The molecule has 1 aromatic heterocycles. The van der Waals surface area contributed by atoms with Gasteiger partial charge in [-0.05, 0) is 44.9 Å². The van der Waals surface area contributed by atoms with Crippen molar-refractivity contribution in [2.45, 2.75) is 76.4 Å². The lowest BCUT2D eigenvalue weighted by molar-refractivity contribution is 0.151. The molecule has 2 atom stereocenters. The fourth-order valence-electron chi connectivity index (χ4n) is 4.08. The van der Waals surface area contributed by atoms with Crippen molar-refractivity contribution in [1.29, 1.82) is 0 Å². The highest BCUT2D eigenvalue weighted by atomic mass is 16.3. The Balaban J connectivity index is 1.78. The lowest BCUT2D eigenvalue weighted by Gasteiger charge is -2.31. The Bertz CT molecular complexity index is 468. The number of nitrogens with zero attached hydrogens (tertiary/aromatic N) is 2. The van der Waals surface area contributed by atoms with Gasteiger partial charge in [-0.25, -0.2) is 4.98 Å². The van der Waals surface area contributed by atoms with Crippen LogP contribution in [-0.4, -0.2) is 32.8 Å². The maximum Gasteiger partial charge on any atom is 0.0954 e. The Hall–Kier alpha value is -0.870.